The van der Waals surface area contributed by atoms with Crippen LogP contribution in [0.4, 0.5) is 0 Å². The first kappa shape index (κ1) is 11.8. The molecule has 1 aromatic rings. The molecule has 0 aromatic heterocycles. The molecule has 90 valence electrons. The van der Waals surface area contributed by atoms with Gasteiger partial charge in [-0.25, -0.2) is 0 Å². The minimum Gasteiger partial charge on any atom is -0.466 e. The topological polar surface area (TPSA) is 55.9 Å². The molecule has 0 amide bonds. The van der Waals surface area contributed by atoms with Crippen molar-refractivity contribution in [1.82, 2.24) is 0 Å². The highest BCUT2D eigenvalue weighted by Crippen LogP contribution is 2.39. The van der Waals surface area contributed by atoms with Gasteiger partial charge in [0.05, 0.1) is 6.61 Å². The molecule has 1 fully saturated rings. The summed E-state index contributed by atoms with van der Waals surface area (Å²) in [5.41, 5.74) is 0.967. The molecule has 2 atom stereocenters. The van der Waals surface area contributed by atoms with Crippen molar-refractivity contribution in [3.8, 4) is 0 Å². The van der Waals surface area contributed by atoms with Gasteiger partial charge in [-0.2, -0.15) is 0 Å². The van der Waals surface area contributed by atoms with E-state index in [1.54, 1.807) is 6.92 Å². The number of carbonyl (C=O) groups is 2. The average Bonchev–Trinajstić information content (AvgIpc) is 3.10. The highest BCUT2D eigenvalue weighted by molar-refractivity contribution is 5.99. The standard InChI is InChI=1S/C13H14O4/c1-2-16-11(15)8-10(14)13-12(17-13)9-6-4-3-5-7-9/h3-7,12-13H,2,8H2,1H3/t12-,13-/m0/s1. The minimum atomic E-state index is -0.486. The number of hydrogen-bond acceptors (Lipinski definition) is 4. The number of hydrogen-bond donors (Lipinski definition) is 0. The average molecular weight is 234 g/mol. The van der Waals surface area contributed by atoms with Crippen molar-refractivity contribution in [2.24, 2.45) is 0 Å². The van der Waals surface area contributed by atoms with Gasteiger partial charge in [-0.15, -0.1) is 0 Å². The van der Waals surface area contributed by atoms with Crippen LogP contribution >= 0.6 is 0 Å². The van der Waals surface area contributed by atoms with Crippen LogP contribution in [0.2, 0.25) is 0 Å². The van der Waals surface area contributed by atoms with Crippen LogP contribution in [0.1, 0.15) is 25.0 Å². The van der Waals surface area contributed by atoms with Crippen LogP contribution in [-0.2, 0) is 19.1 Å². The number of esters is 1. The van der Waals surface area contributed by atoms with E-state index in [4.69, 9.17) is 9.47 Å². The van der Waals surface area contributed by atoms with E-state index in [0.29, 0.717) is 6.61 Å². The van der Waals surface area contributed by atoms with Crippen LogP contribution in [0.25, 0.3) is 0 Å². The summed E-state index contributed by atoms with van der Waals surface area (Å²) >= 11 is 0. The first-order valence-electron chi connectivity index (χ1n) is 5.61. The monoisotopic (exact) mass is 234 g/mol. The molecule has 1 aliphatic heterocycles. The minimum absolute atomic E-state index is 0.196. The van der Waals surface area contributed by atoms with Crippen molar-refractivity contribution in [1.29, 1.82) is 0 Å². The summed E-state index contributed by atoms with van der Waals surface area (Å²) in [5.74, 6) is -0.697. The molecule has 0 N–H and O–H groups in total. The Morgan fingerprint density at radius 1 is 1.29 bits per heavy atom. The smallest absolute Gasteiger partial charge is 0.313 e. The Morgan fingerprint density at radius 3 is 2.65 bits per heavy atom. The molecule has 0 saturated carbocycles. The van der Waals surface area contributed by atoms with E-state index in [0.717, 1.165) is 5.56 Å². The summed E-state index contributed by atoms with van der Waals surface area (Å²) in [7, 11) is 0. The lowest BCUT2D eigenvalue weighted by molar-refractivity contribution is -0.145. The molecule has 1 aliphatic rings. The summed E-state index contributed by atoms with van der Waals surface area (Å²) in [4.78, 5) is 22.8. The highest BCUT2D eigenvalue weighted by Gasteiger charge is 2.46. The Bertz CT molecular complexity index is 413. The van der Waals surface area contributed by atoms with Crippen molar-refractivity contribution in [3.05, 3.63) is 35.9 Å². The third-order valence-electron chi connectivity index (χ3n) is 2.56. The third-order valence-corrected chi connectivity index (χ3v) is 2.56. The largest absolute Gasteiger partial charge is 0.466 e. The number of benzene rings is 1. The fraction of sp³-hybridized carbons (Fsp3) is 0.385. The Kier molecular flexibility index (Phi) is 3.54. The molecular weight excluding hydrogens is 220 g/mol. The molecule has 0 aliphatic carbocycles. The number of Topliss-reactive ketones (excluding diaryl/α,β-unsaturated/α-hetero) is 1. The maximum absolute atomic E-state index is 11.6. The third kappa shape index (κ3) is 2.91. The van der Waals surface area contributed by atoms with E-state index in [-0.39, 0.29) is 18.3 Å². The van der Waals surface area contributed by atoms with Crippen LogP contribution in [0.15, 0.2) is 30.3 Å². The number of carbonyl (C=O) groups excluding carboxylic acids is 2. The SMILES string of the molecule is CCOC(=O)CC(=O)[C@@H]1O[C@H]1c1ccccc1. The fourth-order valence-corrected chi connectivity index (χ4v) is 1.71. The van der Waals surface area contributed by atoms with Crippen LogP contribution in [0.3, 0.4) is 0 Å². The maximum Gasteiger partial charge on any atom is 0.313 e. The van der Waals surface area contributed by atoms with Gasteiger partial charge in [-0.1, -0.05) is 30.3 Å². The van der Waals surface area contributed by atoms with Crippen LogP contribution in [-0.4, -0.2) is 24.5 Å². The summed E-state index contributed by atoms with van der Waals surface area (Å²) in [6.45, 7) is 2.00. The second-order valence-electron chi connectivity index (χ2n) is 3.84. The molecule has 1 aromatic carbocycles. The number of ether oxygens (including phenoxy) is 2. The molecular formula is C13H14O4. The normalized spacial score (nSPS) is 21.9. The molecule has 0 radical (unpaired) electrons. The fourth-order valence-electron chi connectivity index (χ4n) is 1.71. The summed E-state index contributed by atoms with van der Waals surface area (Å²) in [6.07, 6.45) is -0.887. The highest BCUT2D eigenvalue weighted by atomic mass is 16.6. The predicted octanol–water partition coefficient (Wildman–Crippen LogP) is 1.65. The lowest BCUT2D eigenvalue weighted by Crippen LogP contribution is -2.15. The van der Waals surface area contributed by atoms with E-state index >= 15 is 0 Å². The number of epoxide rings is 1. The Balaban J connectivity index is 1.87. The van der Waals surface area contributed by atoms with Gasteiger partial charge in [0.25, 0.3) is 0 Å². The van der Waals surface area contributed by atoms with Gasteiger partial charge in [0.2, 0.25) is 0 Å². The zero-order valence-electron chi connectivity index (χ0n) is 9.59. The molecule has 2 rings (SSSR count). The molecule has 17 heavy (non-hydrogen) atoms. The van der Waals surface area contributed by atoms with Gasteiger partial charge in [0.1, 0.15) is 18.6 Å². The molecule has 1 saturated heterocycles. The van der Waals surface area contributed by atoms with E-state index in [9.17, 15) is 9.59 Å². The molecule has 4 nitrogen and oxygen atoms in total. The van der Waals surface area contributed by atoms with Gasteiger partial charge in [-0.05, 0) is 12.5 Å². The first-order valence-corrected chi connectivity index (χ1v) is 5.61. The van der Waals surface area contributed by atoms with Crippen LogP contribution in [0, 0.1) is 0 Å². The predicted molar refractivity (Wildman–Crippen MR) is 60.3 cm³/mol. The summed E-state index contributed by atoms with van der Waals surface area (Å²) in [6, 6.07) is 9.50. The second kappa shape index (κ2) is 5.10. The van der Waals surface area contributed by atoms with E-state index in [2.05, 4.69) is 0 Å². The molecule has 0 unspecified atom stereocenters. The lowest BCUT2D eigenvalue weighted by atomic mass is 10.1. The van der Waals surface area contributed by atoms with Crippen LogP contribution in [0.5, 0.6) is 0 Å². The van der Waals surface area contributed by atoms with Crippen LogP contribution < -0.4 is 0 Å². The van der Waals surface area contributed by atoms with Gasteiger partial charge in [0, 0.05) is 0 Å². The van der Waals surface area contributed by atoms with Crippen molar-refractivity contribution in [2.45, 2.75) is 25.6 Å². The van der Waals surface area contributed by atoms with E-state index in [1.165, 1.54) is 0 Å². The van der Waals surface area contributed by atoms with Gasteiger partial charge >= 0.3 is 5.97 Å². The molecule has 4 heteroatoms. The van der Waals surface area contributed by atoms with Gasteiger partial charge in [0.15, 0.2) is 5.78 Å². The first-order chi connectivity index (χ1) is 8.22. The molecule has 1 heterocycles. The quantitative estimate of drug-likeness (QED) is 0.441. The zero-order chi connectivity index (χ0) is 12.3. The Labute approximate surface area is 99.5 Å². The van der Waals surface area contributed by atoms with Crippen molar-refractivity contribution in [3.63, 3.8) is 0 Å². The molecule has 0 bridgehead atoms. The second-order valence-corrected chi connectivity index (χ2v) is 3.84. The van der Waals surface area contributed by atoms with E-state index < -0.39 is 12.1 Å². The number of ketones is 1. The van der Waals surface area contributed by atoms with Gasteiger partial charge in [-0.3, -0.25) is 9.59 Å². The summed E-state index contributed by atoms with van der Waals surface area (Å²) < 4.78 is 10.0. The van der Waals surface area contributed by atoms with Crippen molar-refractivity contribution in [2.75, 3.05) is 6.61 Å². The zero-order valence-corrected chi connectivity index (χ0v) is 9.59. The Hall–Kier alpha value is -1.68. The van der Waals surface area contributed by atoms with Gasteiger partial charge < -0.3 is 9.47 Å². The van der Waals surface area contributed by atoms with Crippen molar-refractivity contribution >= 4 is 11.8 Å². The summed E-state index contributed by atoms with van der Waals surface area (Å²) in [5, 5.41) is 0. The number of rotatable bonds is 5. The maximum atomic E-state index is 11.6. The molecule has 0 spiro atoms. The Morgan fingerprint density at radius 2 is 2.00 bits per heavy atom. The lowest BCUT2D eigenvalue weighted by Gasteiger charge is -1.99. The van der Waals surface area contributed by atoms with E-state index in [1.807, 2.05) is 30.3 Å². The van der Waals surface area contributed by atoms with Crippen molar-refractivity contribution < 1.29 is 19.1 Å².